The van der Waals surface area contributed by atoms with E-state index in [0.717, 1.165) is 41.7 Å². The summed E-state index contributed by atoms with van der Waals surface area (Å²) in [6, 6.07) is 4.15. The molecule has 20 heavy (non-hydrogen) atoms. The number of aromatic nitrogens is 4. The Bertz CT molecular complexity index is 822. The third-order valence-electron chi connectivity index (χ3n) is 3.95. The van der Waals surface area contributed by atoms with Gasteiger partial charge in [-0.15, -0.1) is 0 Å². The molecule has 0 spiro atoms. The van der Waals surface area contributed by atoms with E-state index in [1.807, 2.05) is 19.2 Å². The van der Waals surface area contributed by atoms with Gasteiger partial charge in [-0.3, -0.25) is 0 Å². The van der Waals surface area contributed by atoms with E-state index in [0.29, 0.717) is 5.15 Å². The molecule has 0 amide bonds. The van der Waals surface area contributed by atoms with Crippen LogP contribution < -0.4 is 0 Å². The average Bonchev–Trinajstić information content (AvgIpc) is 2.71. The summed E-state index contributed by atoms with van der Waals surface area (Å²) < 4.78 is 2.27. The van der Waals surface area contributed by atoms with E-state index in [1.165, 1.54) is 11.3 Å². The number of rotatable bonds is 0. The highest BCUT2D eigenvalue weighted by atomic mass is 35.5. The molecule has 4 heterocycles. The summed E-state index contributed by atoms with van der Waals surface area (Å²) in [5.41, 5.74) is 5.61. The zero-order valence-electron chi connectivity index (χ0n) is 11.1. The highest BCUT2D eigenvalue weighted by molar-refractivity contribution is 6.29. The first-order valence-corrected chi connectivity index (χ1v) is 7.07. The van der Waals surface area contributed by atoms with Gasteiger partial charge in [0.05, 0.1) is 11.4 Å². The van der Waals surface area contributed by atoms with E-state index in [2.05, 4.69) is 25.6 Å². The minimum absolute atomic E-state index is 0.560. The van der Waals surface area contributed by atoms with Crippen molar-refractivity contribution in [2.75, 3.05) is 0 Å². The Morgan fingerprint density at radius 2 is 2.10 bits per heavy atom. The first-order valence-electron chi connectivity index (χ1n) is 6.69. The van der Waals surface area contributed by atoms with Gasteiger partial charge in [-0.2, -0.15) is 0 Å². The molecule has 0 radical (unpaired) electrons. The summed E-state index contributed by atoms with van der Waals surface area (Å²) in [4.78, 5) is 13.0. The van der Waals surface area contributed by atoms with Crippen molar-refractivity contribution in [2.24, 2.45) is 0 Å². The van der Waals surface area contributed by atoms with E-state index in [9.17, 15) is 0 Å². The van der Waals surface area contributed by atoms with E-state index in [1.54, 1.807) is 6.33 Å². The second-order valence-corrected chi connectivity index (χ2v) is 5.53. The summed E-state index contributed by atoms with van der Waals surface area (Å²) >= 11 is 6.02. The molecule has 3 aromatic heterocycles. The third-order valence-corrected chi connectivity index (χ3v) is 4.16. The van der Waals surface area contributed by atoms with E-state index in [-0.39, 0.29) is 0 Å². The number of pyridine rings is 1. The topological polar surface area (TPSA) is 43.6 Å². The Labute approximate surface area is 121 Å². The molecule has 0 saturated carbocycles. The monoisotopic (exact) mass is 284 g/mol. The number of fused-ring (bicyclic) bond motifs is 5. The van der Waals surface area contributed by atoms with Gasteiger partial charge in [-0.1, -0.05) is 11.6 Å². The summed E-state index contributed by atoms with van der Waals surface area (Å²) in [5, 5.41) is 1.68. The number of halogens is 1. The lowest BCUT2D eigenvalue weighted by Crippen LogP contribution is -1.99. The highest BCUT2D eigenvalue weighted by Crippen LogP contribution is 2.34. The van der Waals surface area contributed by atoms with Gasteiger partial charge >= 0.3 is 0 Å². The SMILES string of the molecule is Cc1ncnc2c1cc1n2CCCc2cc(Cl)ncc2-1. The zero-order valence-corrected chi connectivity index (χ0v) is 11.9. The van der Waals surface area contributed by atoms with Crippen LogP contribution in [0.3, 0.4) is 0 Å². The first kappa shape index (κ1) is 11.9. The fourth-order valence-corrected chi connectivity index (χ4v) is 3.15. The summed E-state index contributed by atoms with van der Waals surface area (Å²) in [5.74, 6) is 0. The van der Waals surface area contributed by atoms with Crippen molar-refractivity contribution < 1.29 is 0 Å². The first-order chi connectivity index (χ1) is 9.74. The summed E-state index contributed by atoms with van der Waals surface area (Å²) in [6.45, 7) is 2.98. The van der Waals surface area contributed by atoms with Crippen LogP contribution in [0.25, 0.3) is 22.3 Å². The molecule has 0 aromatic carbocycles. The Balaban J connectivity index is 2.07. The molecule has 0 N–H and O–H groups in total. The van der Waals surface area contributed by atoms with Crippen LogP contribution >= 0.6 is 11.6 Å². The largest absolute Gasteiger partial charge is 0.325 e. The van der Waals surface area contributed by atoms with Gasteiger partial charge in [0, 0.05) is 23.7 Å². The maximum atomic E-state index is 6.02. The summed E-state index contributed by atoms with van der Waals surface area (Å²) in [7, 11) is 0. The lowest BCUT2D eigenvalue weighted by Gasteiger charge is -2.07. The Morgan fingerprint density at radius 1 is 1.20 bits per heavy atom. The quantitative estimate of drug-likeness (QED) is 0.594. The van der Waals surface area contributed by atoms with E-state index >= 15 is 0 Å². The lowest BCUT2D eigenvalue weighted by atomic mass is 10.0. The molecule has 100 valence electrons. The van der Waals surface area contributed by atoms with Crippen molar-refractivity contribution in [3.8, 4) is 11.3 Å². The van der Waals surface area contributed by atoms with Crippen LogP contribution in [0.1, 0.15) is 17.7 Å². The van der Waals surface area contributed by atoms with Gasteiger partial charge in [0.2, 0.25) is 0 Å². The van der Waals surface area contributed by atoms with Gasteiger partial charge in [0.1, 0.15) is 17.1 Å². The third kappa shape index (κ3) is 1.64. The van der Waals surface area contributed by atoms with Crippen LogP contribution in [0, 0.1) is 6.92 Å². The van der Waals surface area contributed by atoms with Crippen LogP contribution in [0.15, 0.2) is 24.7 Å². The Hall–Kier alpha value is -1.94. The molecule has 0 bridgehead atoms. The molecular formula is C15H13ClN4. The van der Waals surface area contributed by atoms with Crippen molar-refractivity contribution >= 4 is 22.6 Å². The minimum atomic E-state index is 0.560. The number of nitrogens with zero attached hydrogens (tertiary/aromatic N) is 4. The molecular weight excluding hydrogens is 272 g/mol. The molecule has 0 atom stereocenters. The predicted octanol–water partition coefficient (Wildman–Crippen LogP) is 3.40. The normalized spacial score (nSPS) is 13.9. The molecule has 0 unspecified atom stereocenters. The lowest BCUT2D eigenvalue weighted by molar-refractivity contribution is 0.675. The summed E-state index contributed by atoms with van der Waals surface area (Å²) in [6.07, 6.45) is 5.60. The minimum Gasteiger partial charge on any atom is -0.325 e. The zero-order chi connectivity index (χ0) is 13.7. The molecule has 1 aliphatic heterocycles. The van der Waals surface area contributed by atoms with Crippen molar-refractivity contribution in [3.05, 3.63) is 41.1 Å². The van der Waals surface area contributed by atoms with Crippen molar-refractivity contribution in [2.45, 2.75) is 26.3 Å². The van der Waals surface area contributed by atoms with Crippen LogP contribution in [0.2, 0.25) is 5.15 Å². The van der Waals surface area contributed by atoms with Gasteiger partial charge in [0.25, 0.3) is 0 Å². The predicted molar refractivity (Wildman–Crippen MR) is 78.8 cm³/mol. The molecule has 0 saturated heterocycles. The van der Waals surface area contributed by atoms with Crippen LogP contribution in [0.5, 0.6) is 0 Å². The fraction of sp³-hybridized carbons (Fsp3) is 0.267. The van der Waals surface area contributed by atoms with Gasteiger partial charge in [-0.25, -0.2) is 15.0 Å². The van der Waals surface area contributed by atoms with Gasteiger partial charge in [-0.05, 0) is 37.5 Å². The van der Waals surface area contributed by atoms with E-state index in [4.69, 9.17) is 11.6 Å². The molecule has 3 aromatic rings. The maximum absolute atomic E-state index is 6.02. The number of aryl methyl sites for hydroxylation is 3. The second-order valence-electron chi connectivity index (χ2n) is 5.15. The average molecular weight is 285 g/mol. The van der Waals surface area contributed by atoms with Crippen molar-refractivity contribution in [3.63, 3.8) is 0 Å². The Kier molecular flexibility index (Phi) is 2.54. The van der Waals surface area contributed by atoms with Crippen LogP contribution in [0.4, 0.5) is 0 Å². The standard InChI is InChI=1S/C15H13ClN4/c1-9-11-6-13-12-7-17-14(16)5-10(12)3-2-4-20(13)15(11)19-8-18-9/h5-8H,2-4H2,1H3. The van der Waals surface area contributed by atoms with Gasteiger partial charge < -0.3 is 4.57 Å². The maximum Gasteiger partial charge on any atom is 0.144 e. The molecule has 4 rings (SSSR count). The van der Waals surface area contributed by atoms with E-state index < -0.39 is 0 Å². The highest BCUT2D eigenvalue weighted by Gasteiger charge is 2.19. The Morgan fingerprint density at radius 3 is 3.00 bits per heavy atom. The van der Waals surface area contributed by atoms with Crippen molar-refractivity contribution in [1.29, 1.82) is 0 Å². The van der Waals surface area contributed by atoms with Gasteiger partial charge in [0.15, 0.2) is 0 Å². The molecule has 0 fully saturated rings. The van der Waals surface area contributed by atoms with Crippen LogP contribution in [-0.2, 0) is 13.0 Å². The smallest absolute Gasteiger partial charge is 0.144 e. The number of hydrogen-bond acceptors (Lipinski definition) is 3. The number of hydrogen-bond donors (Lipinski definition) is 0. The van der Waals surface area contributed by atoms with Crippen LogP contribution in [-0.4, -0.2) is 19.5 Å². The molecule has 5 heteroatoms. The fourth-order valence-electron chi connectivity index (χ4n) is 2.97. The molecule has 4 nitrogen and oxygen atoms in total. The molecule has 0 aliphatic carbocycles. The second kappa shape index (κ2) is 4.28. The van der Waals surface area contributed by atoms with Crippen molar-refractivity contribution in [1.82, 2.24) is 19.5 Å². The molecule has 1 aliphatic rings.